The summed E-state index contributed by atoms with van der Waals surface area (Å²) in [4.78, 5) is 0.685. The lowest BCUT2D eigenvalue weighted by molar-refractivity contribution is 0.590. The SMILES string of the molecule is CC(C)(C)c1ccc(CS(=O)c2cc(Br)ccc2N)cc1. The molecule has 2 rings (SSSR count). The van der Waals surface area contributed by atoms with Gasteiger partial charge < -0.3 is 5.73 Å². The minimum Gasteiger partial charge on any atom is -0.398 e. The van der Waals surface area contributed by atoms with Crippen LogP contribution < -0.4 is 5.73 Å². The van der Waals surface area contributed by atoms with E-state index in [2.05, 4.69) is 48.8 Å². The van der Waals surface area contributed by atoms with Crippen LogP contribution in [0.3, 0.4) is 0 Å². The molecule has 0 saturated carbocycles. The molecule has 0 spiro atoms. The molecule has 112 valence electrons. The van der Waals surface area contributed by atoms with Crippen LogP contribution in [0.1, 0.15) is 31.9 Å². The molecule has 0 amide bonds. The fourth-order valence-electron chi connectivity index (χ4n) is 2.04. The van der Waals surface area contributed by atoms with Crippen LogP contribution in [0.2, 0.25) is 0 Å². The molecular formula is C17H20BrNOS. The molecule has 0 aliphatic rings. The molecule has 2 nitrogen and oxygen atoms in total. The van der Waals surface area contributed by atoms with Crippen LogP contribution in [0.4, 0.5) is 5.69 Å². The smallest absolute Gasteiger partial charge is 0.0632 e. The summed E-state index contributed by atoms with van der Waals surface area (Å²) in [6, 6.07) is 13.8. The van der Waals surface area contributed by atoms with Crippen LogP contribution >= 0.6 is 15.9 Å². The zero-order valence-corrected chi connectivity index (χ0v) is 14.9. The topological polar surface area (TPSA) is 43.1 Å². The highest BCUT2D eigenvalue weighted by Crippen LogP contribution is 2.25. The highest BCUT2D eigenvalue weighted by atomic mass is 79.9. The number of benzene rings is 2. The van der Waals surface area contributed by atoms with Crippen molar-refractivity contribution < 1.29 is 4.21 Å². The summed E-state index contributed by atoms with van der Waals surface area (Å²) >= 11 is 3.39. The van der Waals surface area contributed by atoms with Crippen LogP contribution in [0.25, 0.3) is 0 Å². The van der Waals surface area contributed by atoms with Gasteiger partial charge in [0.05, 0.1) is 21.4 Å². The molecule has 1 atom stereocenters. The Hall–Kier alpha value is -1.13. The van der Waals surface area contributed by atoms with Crippen molar-refractivity contribution in [1.29, 1.82) is 0 Å². The summed E-state index contributed by atoms with van der Waals surface area (Å²) in [6.45, 7) is 6.55. The first-order valence-corrected chi connectivity index (χ1v) is 8.91. The van der Waals surface area contributed by atoms with Crippen LogP contribution in [-0.4, -0.2) is 4.21 Å². The lowest BCUT2D eigenvalue weighted by Crippen LogP contribution is -2.10. The average Bonchev–Trinajstić information content (AvgIpc) is 2.41. The molecule has 4 heteroatoms. The lowest BCUT2D eigenvalue weighted by atomic mass is 9.87. The predicted molar refractivity (Wildman–Crippen MR) is 93.8 cm³/mol. The van der Waals surface area contributed by atoms with Gasteiger partial charge in [0.15, 0.2) is 0 Å². The lowest BCUT2D eigenvalue weighted by Gasteiger charge is -2.19. The van der Waals surface area contributed by atoms with E-state index in [0.29, 0.717) is 16.3 Å². The molecule has 0 bridgehead atoms. The fraction of sp³-hybridized carbons (Fsp3) is 0.294. The van der Waals surface area contributed by atoms with Gasteiger partial charge >= 0.3 is 0 Å². The standard InChI is InChI=1S/C17H20BrNOS/c1-17(2,3)13-6-4-12(5-7-13)11-21(20)16-10-14(18)8-9-15(16)19/h4-10H,11,19H2,1-3H3. The Morgan fingerprint density at radius 2 is 1.71 bits per heavy atom. The number of anilines is 1. The van der Waals surface area contributed by atoms with E-state index in [0.717, 1.165) is 10.0 Å². The molecule has 0 heterocycles. The average molecular weight is 366 g/mol. The summed E-state index contributed by atoms with van der Waals surface area (Å²) in [6.07, 6.45) is 0. The van der Waals surface area contributed by atoms with E-state index >= 15 is 0 Å². The number of rotatable bonds is 3. The van der Waals surface area contributed by atoms with E-state index in [1.807, 2.05) is 24.3 Å². The van der Waals surface area contributed by atoms with Gasteiger partial charge in [0.25, 0.3) is 0 Å². The van der Waals surface area contributed by atoms with Crippen molar-refractivity contribution in [3.05, 3.63) is 58.1 Å². The summed E-state index contributed by atoms with van der Waals surface area (Å²) in [5.74, 6) is 0.477. The van der Waals surface area contributed by atoms with Gasteiger partial charge in [0.1, 0.15) is 0 Å². The molecule has 0 aliphatic carbocycles. The van der Waals surface area contributed by atoms with Crippen LogP contribution in [0, 0.1) is 0 Å². The van der Waals surface area contributed by atoms with Crippen molar-refractivity contribution in [1.82, 2.24) is 0 Å². The zero-order valence-electron chi connectivity index (χ0n) is 12.5. The van der Waals surface area contributed by atoms with Gasteiger partial charge in [-0.05, 0) is 34.7 Å². The highest BCUT2D eigenvalue weighted by Gasteiger charge is 2.14. The number of halogens is 1. The van der Waals surface area contributed by atoms with Crippen LogP contribution in [0.15, 0.2) is 51.8 Å². The van der Waals surface area contributed by atoms with Crippen molar-refractivity contribution in [2.24, 2.45) is 0 Å². The Bertz CT molecular complexity index is 659. The molecule has 21 heavy (non-hydrogen) atoms. The van der Waals surface area contributed by atoms with Gasteiger partial charge in [-0.25, -0.2) is 0 Å². The largest absolute Gasteiger partial charge is 0.398 e. The summed E-state index contributed by atoms with van der Waals surface area (Å²) in [5, 5.41) is 0. The Balaban J connectivity index is 2.18. The summed E-state index contributed by atoms with van der Waals surface area (Å²) in [5.41, 5.74) is 8.95. The number of hydrogen-bond donors (Lipinski definition) is 1. The quantitative estimate of drug-likeness (QED) is 0.805. The van der Waals surface area contributed by atoms with E-state index in [1.165, 1.54) is 5.56 Å². The second-order valence-corrected chi connectivity index (χ2v) is 8.45. The first-order chi connectivity index (χ1) is 9.77. The molecule has 0 radical (unpaired) electrons. The molecule has 2 aromatic rings. The summed E-state index contributed by atoms with van der Waals surface area (Å²) < 4.78 is 13.4. The fourth-order valence-corrected chi connectivity index (χ4v) is 3.79. The van der Waals surface area contributed by atoms with Gasteiger partial charge in [-0.15, -0.1) is 0 Å². The third-order valence-corrected chi connectivity index (χ3v) is 5.27. The van der Waals surface area contributed by atoms with Crippen molar-refractivity contribution in [2.45, 2.75) is 36.8 Å². The first kappa shape index (κ1) is 16.2. The number of nitrogen functional groups attached to an aromatic ring is 1. The van der Waals surface area contributed by atoms with Crippen LogP contribution in [-0.2, 0) is 22.0 Å². The maximum absolute atomic E-state index is 12.5. The molecule has 0 saturated heterocycles. The second kappa shape index (κ2) is 6.32. The first-order valence-electron chi connectivity index (χ1n) is 6.80. The van der Waals surface area contributed by atoms with Crippen molar-refractivity contribution in [3.8, 4) is 0 Å². The van der Waals surface area contributed by atoms with Crippen molar-refractivity contribution in [2.75, 3.05) is 5.73 Å². The second-order valence-electron chi connectivity index (χ2n) is 6.12. The van der Waals surface area contributed by atoms with Gasteiger partial charge in [-0.3, -0.25) is 4.21 Å². The number of hydrogen-bond acceptors (Lipinski definition) is 2. The van der Waals surface area contributed by atoms with Gasteiger partial charge in [0.2, 0.25) is 0 Å². The van der Waals surface area contributed by atoms with E-state index < -0.39 is 10.8 Å². The molecule has 0 aromatic heterocycles. The minimum absolute atomic E-state index is 0.131. The van der Waals surface area contributed by atoms with Crippen LogP contribution in [0.5, 0.6) is 0 Å². The van der Waals surface area contributed by atoms with Crippen molar-refractivity contribution >= 4 is 32.4 Å². The van der Waals surface area contributed by atoms with Gasteiger partial charge in [-0.2, -0.15) is 0 Å². The minimum atomic E-state index is -1.14. The monoisotopic (exact) mass is 365 g/mol. The molecule has 1 unspecified atom stereocenters. The molecule has 0 aliphatic heterocycles. The summed E-state index contributed by atoms with van der Waals surface area (Å²) in [7, 11) is -1.14. The normalized spacial score (nSPS) is 13.1. The zero-order chi connectivity index (χ0) is 15.6. The van der Waals surface area contributed by atoms with Gasteiger partial charge in [0, 0.05) is 10.2 Å². The molecular weight excluding hydrogens is 346 g/mol. The van der Waals surface area contributed by atoms with Crippen molar-refractivity contribution in [3.63, 3.8) is 0 Å². The van der Waals surface area contributed by atoms with Gasteiger partial charge in [-0.1, -0.05) is 61.0 Å². The Morgan fingerprint density at radius 1 is 1.10 bits per heavy atom. The van der Waals surface area contributed by atoms with E-state index in [9.17, 15) is 4.21 Å². The third-order valence-electron chi connectivity index (χ3n) is 3.34. The number of nitrogens with two attached hydrogens (primary N) is 1. The van der Waals surface area contributed by atoms with E-state index in [4.69, 9.17) is 5.73 Å². The highest BCUT2D eigenvalue weighted by molar-refractivity contribution is 9.10. The van der Waals surface area contributed by atoms with E-state index in [-0.39, 0.29) is 5.41 Å². The Morgan fingerprint density at radius 3 is 2.29 bits per heavy atom. The Kier molecular flexibility index (Phi) is 4.89. The molecule has 0 fully saturated rings. The Labute approximate surface area is 137 Å². The molecule has 2 N–H and O–H groups in total. The maximum atomic E-state index is 12.5. The molecule has 2 aromatic carbocycles. The third kappa shape index (κ3) is 4.17. The predicted octanol–water partition coefficient (Wildman–Crippen LogP) is 4.64. The maximum Gasteiger partial charge on any atom is 0.0632 e. The van der Waals surface area contributed by atoms with E-state index in [1.54, 1.807) is 6.07 Å².